The van der Waals surface area contributed by atoms with Crippen LogP contribution in [0.3, 0.4) is 0 Å². The van der Waals surface area contributed by atoms with E-state index < -0.39 is 16.0 Å². The molecule has 0 radical (unpaired) electrons. The van der Waals surface area contributed by atoms with Gasteiger partial charge in [0, 0.05) is 11.0 Å². The molecule has 1 rings (SSSR count). The Labute approximate surface area is 132 Å². The molecule has 0 saturated carbocycles. The Bertz CT molecular complexity index is 628. The average molecular weight is 380 g/mol. The largest absolute Gasteiger partial charge is 0.478 e. The Morgan fingerprint density at radius 2 is 2.05 bits per heavy atom. The molecule has 0 atom stereocenters. The zero-order chi connectivity index (χ0) is 16.2. The van der Waals surface area contributed by atoms with Crippen LogP contribution in [0.15, 0.2) is 21.5 Å². The predicted octanol–water partition coefficient (Wildman–Crippen LogP) is 2.16. The number of hydrogen-bond acceptors (Lipinski definition) is 4. The second kappa shape index (κ2) is 7.35. The number of aromatic carboxylic acids is 1. The number of halogens is 1. The molecule has 0 fully saturated rings. The van der Waals surface area contributed by atoms with Crippen molar-refractivity contribution in [3.63, 3.8) is 0 Å². The summed E-state index contributed by atoms with van der Waals surface area (Å²) >= 11 is 3.18. The highest BCUT2D eigenvalue weighted by molar-refractivity contribution is 9.10. The van der Waals surface area contributed by atoms with Crippen molar-refractivity contribution in [2.75, 3.05) is 13.2 Å². The zero-order valence-corrected chi connectivity index (χ0v) is 14.4. The molecule has 0 saturated heterocycles. The van der Waals surface area contributed by atoms with Crippen LogP contribution in [0.5, 0.6) is 0 Å². The van der Waals surface area contributed by atoms with Crippen molar-refractivity contribution < 1.29 is 23.1 Å². The summed E-state index contributed by atoms with van der Waals surface area (Å²) in [6.45, 7) is 5.67. The third kappa shape index (κ3) is 5.06. The summed E-state index contributed by atoms with van der Waals surface area (Å²) in [5.41, 5.74) is 0.424. The van der Waals surface area contributed by atoms with Crippen molar-refractivity contribution >= 4 is 31.9 Å². The molecule has 0 aliphatic rings. The average Bonchev–Trinajstić information content (AvgIpc) is 2.37. The van der Waals surface area contributed by atoms with Crippen LogP contribution in [0.4, 0.5) is 0 Å². The summed E-state index contributed by atoms with van der Waals surface area (Å²) in [6.07, 6.45) is 0.0154. The molecule has 0 aromatic heterocycles. The smallest absolute Gasteiger partial charge is 0.336 e. The molecule has 2 N–H and O–H groups in total. The summed E-state index contributed by atoms with van der Waals surface area (Å²) in [5, 5.41) is 9.10. The lowest BCUT2D eigenvalue weighted by atomic mass is 10.1. The van der Waals surface area contributed by atoms with E-state index in [1.165, 1.54) is 6.07 Å². The molecule has 0 aliphatic heterocycles. The number of hydrogen-bond donors (Lipinski definition) is 2. The van der Waals surface area contributed by atoms with E-state index in [9.17, 15) is 13.2 Å². The van der Waals surface area contributed by atoms with E-state index in [2.05, 4.69) is 20.7 Å². The second-order valence-corrected chi connectivity index (χ2v) is 7.32. The minimum atomic E-state index is -3.78. The molecule has 6 nitrogen and oxygen atoms in total. The molecule has 21 heavy (non-hydrogen) atoms. The van der Waals surface area contributed by atoms with Crippen molar-refractivity contribution in [2.24, 2.45) is 0 Å². The van der Waals surface area contributed by atoms with Gasteiger partial charge in [0.15, 0.2) is 0 Å². The fraction of sp³-hybridized carbons (Fsp3) is 0.462. The van der Waals surface area contributed by atoms with Crippen molar-refractivity contribution in [1.82, 2.24) is 4.72 Å². The third-order valence-electron chi connectivity index (χ3n) is 2.70. The number of nitrogens with one attached hydrogen (secondary N) is 1. The molecule has 0 amide bonds. The lowest BCUT2D eigenvalue weighted by Gasteiger charge is -2.11. The second-order valence-electron chi connectivity index (χ2n) is 4.70. The van der Waals surface area contributed by atoms with Crippen molar-refractivity contribution in [2.45, 2.75) is 31.8 Å². The lowest BCUT2D eigenvalue weighted by Crippen LogP contribution is -2.28. The number of rotatable bonds is 7. The maximum absolute atomic E-state index is 12.1. The van der Waals surface area contributed by atoms with E-state index in [4.69, 9.17) is 9.84 Å². The van der Waals surface area contributed by atoms with Crippen LogP contribution in [-0.2, 0) is 14.8 Å². The minimum absolute atomic E-state index is 0.0154. The van der Waals surface area contributed by atoms with E-state index in [0.717, 1.165) is 6.07 Å². The lowest BCUT2D eigenvalue weighted by molar-refractivity contribution is 0.0695. The Kier molecular flexibility index (Phi) is 6.33. The molecule has 0 spiro atoms. The molecular weight excluding hydrogens is 362 g/mol. The van der Waals surface area contributed by atoms with E-state index in [0.29, 0.717) is 10.0 Å². The highest BCUT2D eigenvalue weighted by Gasteiger charge is 2.19. The summed E-state index contributed by atoms with van der Waals surface area (Å²) in [4.78, 5) is 11.0. The summed E-state index contributed by atoms with van der Waals surface area (Å²) < 4.78 is 32.3. The van der Waals surface area contributed by atoms with Gasteiger partial charge in [-0.2, -0.15) is 0 Å². The fourth-order valence-corrected chi connectivity index (χ4v) is 3.26. The first-order valence-electron chi connectivity index (χ1n) is 6.30. The van der Waals surface area contributed by atoms with E-state index in [-0.39, 0.29) is 29.7 Å². The van der Waals surface area contributed by atoms with Crippen LogP contribution in [0.25, 0.3) is 0 Å². The molecule has 0 unspecified atom stereocenters. The highest BCUT2D eigenvalue weighted by Crippen LogP contribution is 2.24. The molecule has 1 aromatic rings. The van der Waals surface area contributed by atoms with Gasteiger partial charge in [0.05, 0.1) is 23.2 Å². The van der Waals surface area contributed by atoms with Gasteiger partial charge < -0.3 is 9.84 Å². The van der Waals surface area contributed by atoms with Gasteiger partial charge in [-0.25, -0.2) is 17.9 Å². The number of sulfonamides is 1. The molecule has 0 heterocycles. The minimum Gasteiger partial charge on any atom is -0.478 e. The quantitative estimate of drug-likeness (QED) is 0.708. The SMILES string of the molecule is Cc1c(Br)cc(S(=O)(=O)NCCOC(C)C)cc1C(=O)O. The maximum Gasteiger partial charge on any atom is 0.336 e. The standard InChI is InChI=1S/C13H18BrNO5S/c1-8(2)20-5-4-15-21(18,19)10-6-11(13(16)17)9(3)12(14)7-10/h6-8,15H,4-5H2,1-3H3,(H,16,17). The molecule has 0 bridgehead atoms. The molecular formula is C13H18BrNO5S. The number of carboxylic acids is 1. The van der Waals surface area contributed by atoms with Gasteiger partial charge in [0.1, 0.15) is 0 Å². The molecule has 118 valence electrons. The van der Waals surface area contributed by atoms with Crippen LogP contribution in [0.1, 0.15) is 29.8 Å². The normalized spacial score (nSPS) is 11.9. The van der Waals surface area contributed by atoms with Crippen LogP contribution >= 0.6 is 15.9 Å². The van der Waals surface area contributed by atoms with Gasteiger partial charge in [0.25, 0.3) is 0 Å². The summed E-state index contributed by atoms with van der Waals surface area (Å²) in [7, 11) is -3.78. The first kappa shape index (κ1) is 18.1. The first-order chi connectivity index (χ1) is 9.65. The van der Waals surface area contributed by atoms with E-state index >= 15 is 0 Å². The van der Waals surface area contributed by atoms with Gasteiger partial charge in [-0.05, 0) is 38.5 Å². The number of ether oxygens (including phenoxy) is 1. The van der Waals surface area contributed by atoms with Crippen LogP contribution in [-0.4, -0.2) is 38.7 Å². The predicted molar refractivity (Wildman–Crippen MR) is 82.1 cm³/mol. The van der Waals surface area contributed by atoms with Gasteiger partial charge in [-0.3, -0.25) is 0 Å². The Morgan fingerprint density at radius 3 is 2.57 bits per heavy atom. The van der Waals surface area contributed by atoms with Crippen LogP contribution < -0.4 is 4.72 Å². The molecule has 0 aliphatic carbocycles. The van der Waals surface area contributed by atoms with Crippen molar-refractivity contribution in [3.8, 4) is 0 Å². The van der Waals surface area contributed by atoms with Gasteiger partial charge in [-0.1, -0.05) is 15.9 Å². The van der Waals surface area contributed by atoms with Crippen LogP contribution in [0, 0.1) is 6.92 Å². The fourth-order valence-electron chi connectivity index (χ4n) is 1.59. The Hall–Kier alpha value is -0.960. The van der Waals surface area contributed by atoms with Gasteiger partial charge >= 0.3 is 5.97 Å². The van der Waals surface area contributed by atoms with Crippen LogP contribution in [0.2, 0.25) is 0 Å². The first-order valence-corrected chi connectivity index (χ1v) is 8.57. The van der Waals surface area contributed by atoms with Gasteiger partial charge in [-0.15, -0.1) is 0 Å². The topological polar surface area (TPSA) is 92.7 Å². The Morgan fingerprint density at radius 1 is 1.43 bits per heavy atom. The molecule has 1 aromatic carbocycles. The number of benzene rings is 1. The van der Waals surface area contributed by atoms with E-state index in [1.807, 2.05) is 13.8 Å². The number of carbonyl (C=O) groups is 1. The zero-order valence-electron chi connectivity index (χ0n) is 12.0. The molecule has 8 heteroatoms. The monoisotopic (exact) mass is 379 g/mol. The van der Waals surface area contributed by atoms with Crippen molar-refractivity contribution in [3.05, 3.63) is 27.7 Å². The summed E-state index contributed by atoms with van der Waals surface area (Å²) in [5.74, 6) is -1.17. The summed E-state index contributed by atoms with van der Waals surface area (Å²) in [6, 6.07) is 2.53. The van der Waals surface area contributed by atoms with E-state index in [1.54, 1.807) is 6.92 Å². The van der Waals surface area contributed by atoms with Crippen molar-refractivity contribution in [1.29, 1.82) is 0 Å². The van der Waals surface area contributed by atoms with Gasteiger partial charge in [0.2, 0.25) is 10.0 Å². The Balaban J connectivity index is 2.96. The third-order valence-corrected chi connectivity index (χ3v) is 4.97. The number of carboxylic acid groups (broad SMARTS) is 1. The maximum atomic E-state index is 12.1. The highest BCUT2D eigenvalue weighted by atomic mass is 79.9.